The number of rotatable bonds is 8. The quantitative estimate of drug-likeness (QED) is 0.289. The zero-order valence-electron chi connectivity index (χ0n) is 27.2. The SMILES string of the molecule is [C-]#[N+]C[C@H]1CN(c2nc(OC[C@@H]3CCCN3C)nc3c2CCN(c2cccc(C)c2C(F)(F)F)C3)CCN1C(=O)OCc1ccccc1. The molecule has 10 nitrogen and oxygen atoms in total. The number of halogens is 3. The zero-order valence-corrected chi connectivity index (χ0v) is 27.2. The third-order valence-corrected chi connectivity index (χ3v) is 9.50. The third-order valence-electron chi connectivity index (χ3n) is 9.50. The summed E-state index contributed by atoms with van der Waals surface area (Å²) in [6, 6.07) is 14.0. The largest absolute Gasteiger partial charge is 0.462 e. The molecule has 3 aliphatic rings. The molecule has 2 atom stereocenters. The maximum Gasteiger partial charge on any atom is 0.418 e. The van der Waals surface area contributed by atoms with Crippen molar-refractivity contribution in [1.29, 1.82) is 0 Å². The normalized spacial score (nSPS) is 20.0. The van der Waals surface area contributed by atoms with Gasteiger partial charge in [0.25, 0.3) is 0 Å². The number of likely N-dealkylation sites (tertiary alicyclic amines) is 1. The number of hydrogen-bond donors (Lipinski definition) is 0. The van der Waals surface area contributed by atoms with Crippen molar-refractivity contribution in [1.82, 2.24) is 19.8 Å². The van der Waals surface area contributed by atoms with Gasteiger partial charge in [-0.2, -0.15) is 23.1 Å². The van der Waals surface area contributed by atoms with E-state index in [-0.39, 0.29) is 43.0 Å². The topological polar surface area (TPSA) is 78.6 Å². The number of aryl methyl sites for hydroxylation is 1. The van der Waals surface area contributed by atoms with Gasteiger partial charge in [0.1, 0.15) is 25.1 Å². The minimum atomic E-state index is -4.50. The van der Waals surface area contributed by atoms with Crippen LogP contribution in [0, 0.1) is 13.5 Å². The van der Waals surface area contributed by atoms with E-state index in [1.54, 1.807) is 15.9 Å². The van der Waals surface area contributed by atoms with Gasteiger partial charge in [-0.05, 0) is 57.0 Å². The lowest BCUT2D eigenvalue weighted by molar-refractivity contribution is -0.137. The van der Waals surface area contributed by atoms with Gasteiger partial charge in [-0.25, -0.2) is 11.4 Å². The van der Waals surface area contributed by atoms with E-state index in [2.05, 4.69) is 21.7 Å². The fourth-order valence-corrected chi connectivity index (χ4v) is 6.92. The number of amides is 1. The first-order valence-electron chi connectivity index (χ1n) is 16.3. The van der Waals surface area contributed by atoms with Crippen LogP contribution >= 0.6 is 0 Å². The van der Waals surface area contributed by atoms with Gasteiger partial charge in [0, 0.05) is 43.5 Å². The summed E-state index contributed by atoms with van der Waals surface area (Å²) in [5.74, 6) is 0.641. The highest BCUT2D eigenvalue weighted by atomic mass is 19.4. The van der Waals surface area contributed by atoms with Crippen molar-refractivity contribution in [3.8, 4) is 6.01 Å². The molecule has 0 radical (unpaired) electrons. The maximum absolute atomic E-state index is 14.2. The van der Waals surface area contributed by atoms with Crippen LogP contribution in [0.2, 0.25) is 0 Å². The third kappa shape index (κ3) is 7.28. The van der Waals surface area contributed by atoms with Crippen molar-refractivity contribution in [2.45, 2.75) is 57.6 Å². The van der Waals surface area contributed by atoms with Gasteiger partial charge in [0.2, 0.25) is 6.54 Å². The minimum absolute atomic E-state index is 0.0862. The minimum Gasteiger partial charge on any atom is -0.462 e. The molecule has 1 amide bonds. The van der Waals surface area contributed by atoms with E-state index in [1.165, 1.54) is 19.1 Å². The van der Waals surface area contributed by atoms with E-state index < -0.39 is 23.9 Å². The lowest BCUT2D eigenvalue weighted by Crippen LogP contribution is -2.57. The Bertz CT molecular complexity index is 1650. The summed E-state index contributed by atoms with van der Waals surface area (Å²) >= 11 is 0. The number of nitrogens with zero attached hydrogens (tertiary/aromatic N) is 7. The van der Waals surface area contributed by atoms with Crippen LogP contribution in [0.15, 0.2) is 48.5 Å². The predicted octanol–water partition coefficient (Wildman–Crippen LogP) is 5.59. The highest BCUT2D eigenvalue weighted by Gasteiger charge is 2.39. The van der Waals surface area contributed by atoms with Crippen LogP contribution in [0.1, 0.15) is 40.8 Å². The number of aromatic nitrogens is 2. The number of benzene rings is 2. The molecule has 0 N–H and O–H groups in total. The highest BCUT2D eigenvalue weighted by molar-refractivity contribution is 5.69. The van der Waals surface area contributed by atoms with Crippen molar-refractivity contribution in [2.24, 2.45) is 0 Å². The summed E-state index contributed by atoms with van der Waals surface area (Å²) in [4.78, 5) is 34.0. The second kappa shape index (κ2) is 14.3. The Morgan fingerprint density at radius 2 is 1.83 bits per heavy atom. The molecule has 3 aromatic rings. The molecule has 0 unspecified atom stereocenters. The number of anilines is 2. The molecule has 4 heterocycles. The summed E-state index contributed by atoms with van der Waals surface area (Å²) in [6.45, 7) is 12.3. The van der Waals surface area contributed by atoms with E-state index in [1.807, 2.05) is 30.3 Å². The smallest absolute Gasteiger partial charge is 0.418 e. The molecule has 6 rings (SSSR count). The highest BCUT2D eigenvalue weighted by Crippen LogP contribution is 2.41. The van der Waals surface area contributed by atoms with Crippen LogP contribution in [-0.2, 0) is 30.5 Å². The molecule has 0 saturated carbocycles. The fraction of sp³-hybridized carbons (Fsp3) is 0.486. The number of ether oxygens (including phenoxy) is 2. The van der Waals surface area contributed by atoms with Crippen molar-refractivity contribution < 1.29 is 27.4 Å². The number of carbonyl (C=O) groups excluding carboxylic acids is 1. The fourth-order valence-electron chi connectivity index (χ4n) is 6.92. The lowest BCUT2D eigenvalue weighted by atomic mass is 10.00. The molecular weight excluding hydrogens is 623 g/mol. The van der Waals surface area contributed by atoms with Crippen molar-refractivity contribution in [3.05, 3.63) is 87.9 Å². The molecule has 2 fully saturated rings. The van der Waals surface area contributed by atoms with Crippen LogP contribution in [0.4, 0.5) is 29.5 Å². The number of likely N-dealkylation sites (N-methyl/N-ethyl adjacent to an activating group) is 1. The number of carbonyl (C=O) groups is 1. The molecule has 1 aromatic heterocycles. The van der Waals surface area contributed by atoms with Gasteiger partial charge < -0.3 is 29.0 Å². The Labute approximate surface area is 278 Å². The zero-order chi connectivity index (χ0) is 33.8. The predicted molar refractivity (Wildman–Crippen MR) is 175 cm³/mol. The molecule has 0 spiro atoms. The summed E-state index contributed by atoms with van der Waals surface area (Å²) in [7, 11) is 2.06. The van der Waals surface area contributed by atoms with Gasteiger partial charge in [-0.3, -0.25) is 4.90 Å². The number of piperazine rings is 1. The second-order valence-electron chi connectivity index (χ2n) is 12.7. The van der Waals surface area contributed by atoms with Crippen LogP contribution in [0.5, 0.6) is 6.01 Å². The van der Waals surface area contributed by atoms with Crippen LogP contribution in [0.3, 0.4) is 0 Å². The van der Waals surface area contributed by atoms with Gasteiger partial charge in [0.15, 0.2) is 0 Å². The standard InChI is InChI=1S/C35H40F3N7O3/c1-24-9-7-13-30(31(24)35(36,37)38)43-16-14-28-29(21-43)40-33(47-23-26-12-8-15-42(26)3)41-32(28)44-17-18-45(27(20-44)19-39-2)34(46)48-22-25-10-5-4-6-11-25/h4-7,9-11,13,26-27H,8,12,14-23H2,1,3H3/t26-,27-/m0/s1. The van der Waals surface area contributed by atoms with Gasteiger partial charge in [-0.15, -0.1) is 0 Å². The summed E-state index contributed by atoms with van der Waals surface area (Å²) < 4.78 is 54.4. The van der Waals surface area contributed by atoms with Crippen molar-refractivity contribution in [2.75, 3.05) is 62.7 Å². The first-order valence-corrected chi connectivity index (χ1v) is 16.3. The Morgan fingerprint density at radius 1 is 1.02 bits per heavy atom. The van der Waals surface area contributed by atoms with E-state index in [4.69, 9.17) is 26.0 Å². The summed E-state index contributed by atoms with van der Waals surface area (Å²) in [5.41, 5.74) is 1.99. The maximum atomic E-state index is 14.2. The summed E-state index contributed by atoms with van der Waals surface area (Å²) in [6.07, 6.45) is -2.48. The molecule has 3 aliphatic heterocycles. The van der Waals surface area contributed by atoms with Gasteiger partial charge >= 0.3 is 18.3 Å². The van der Waals surface area contributed by atoms with Crippen molar-refractivity contribution >= 4 is 17.6 Å². The number of fused-ring (bicyclic) bond motifs is 1. The lowest BCUT2D eigenvalue weighted by Gasteiger charge is -2.41. The Kier molecular flexibility index (Phi) is 9.91. The Hall–Kier alpha value is -4.57. The monoisotopic (exact) mass is 663 g/mol. The molecule has 0 aliphatic carbocycles. The molecule has 48 heavy (non-hydrogen) atoms. The second-order valence-corrected chi connectivity index (χ2v) is 12.7. The van der Waals surface area contributed by atoms with Gasteiger partial charge in [0.05, 0.1) is 17.8 Å². The van der Waals surface area contributed by atoms with E-state index >= 15 is 0 Å². The van der Waals surface area contributed by atoms with E-state index in [9.17, 15) is 18.0 Å². The first-order chi connectivity index (χ1) is 23.1. The average molecular weight is 664 g/mol. The van der Waals surface area contributed by atoms with Crippen LogP contribution in [-0.4, -0.2) is 90.9 Å². The van der Waals surface area contributed by atoms with Crippen LogP contribution < -0.4 is 14.5 Å². The van der Waals surface area contributed by atoms with Gasteiger partial charge in [-0.1, -0.05) is 42.5 Å². The van der Waals surface area contributed by atoms with Crippen molar-refractivity contribution in [3.63, 3.8) is 0 Å². The molecule has 13 heteroatoms. The first kappa shape index (κ1) is 33.3. The molecule has 254 valence electrons. The molecule has 0 bridgehead atoms. The average Bonchev–Trinajstić information content (AvgIpc) is 3.49. The summed E-state index contributed by atoms with van der Waals surface area (Å²) in [5, 5.41) is 0. The molecular formula is C35H40F3N7O3. The van der Waals surface area contributed by atoms with E-state index in [0.29, 0.717) is 50.7 Å². The van der Waals surface area contributed by atoms with E-state index in [0.717, 1.165) is 30.5 Å². The Balaban J connectivity index is 1.27. The number of alkyl halides is 3. The van der Waals surface area contributed by atoms with Crippen LogP contribution in [0.25, 0.3) is 4.85 Å². The number of hydrogen-bond acceptors (Lipinski definition) is 8. The molecule has 2 aromatic carbocycles. The molecule has 2 saturated heterocycles. The Morgan fingerprint density at radius 3 is 2.56 bits per heavy atom.